The molecule has 0 aliphatic rings. The number of esters is 1. The number of rotatable bonds is 6. The van der Waals surface area contributed by atoms with Gasteiger partial charge in [0.15, 0.2) is 0 Å². The molecule has 3 rings (SSSR count). The molecule has 0 aliphatic heterocycles. The van der Waals surface area contributed by atoms with Crippen molar-refractivity contribution in [1.29, 1.82) is 0 Å². The molecule has 2 N–H and O–H groups in total. The number of alkyl carbamates (subject to hydrolysis) is 1. The zero-order valence-corrected chi connectivity index (χ0v) is 17.4. The Morgan fingerprint density at radius 2 is 1.81 bits per heavy atom. The topological polar surface area (TPSA) is 124 Å². The molecule has 0 fully saturated rings. The van der Waals surface area contributed by atoms with E-state index in [-0.39, 0.29) is 17.9 Å². The summed E-state index contributed by atoms with van der Waals surface area (Å²) in [5.41, 5.74) is 0.856. The summed E-state index contributed by atoms with van der Waals surface area (Å²) in [6, 6.07) is 11.7. The number of carbonyl (C=O) groups excluding carboxylic acids is 2. The number of nitro benzene ring substituents is 1. The average molecular weight is 425 g/mol. The van der Waals surface area contributed by atoms with E-state index in [4.69, 9.17) is 9.47 Å². The highest BCUT2D eigenvalue weighted by atomic mass is 16.6. The number of nitro groups is 1. The minimum Gasteiger partial charge on any atom is -0.444 e. The fourth-order valence-corrected chi connectivity index (χ4v) is 2.99. The number of nitrogens with one attached hydrogen (secondary N) is 2. The molecule has 2 aromatic carbocycles. The molecule has 0 saturated carbocycles. The maximum absolute atomic E-state index is 12.9. The summed E-state index contributed by atoms with van der Waals surface area (Å²) >= 11 is 0. The van der Waals surface area contributed by atoms with Crippen molar-refractivity contribution < 1.29 is 24.0 Å². The Kier molecular flexibility index (Phi) is 6.24. The van der Waals surface area contributed by atoms with Gasteiger partial charge in [-0.1, -0.05) is 18.2 Å². The third-order valence-corrected chi connectivity index (χ3v) is 4.34. The van der Waals surface area contributed by atoms with Crippen molar-refractivity contribution in [2.45, 2.75) is 38.8 Å². The van der Waals surface area contributed by atoms with E-state index in [2.05, 4.69) is 10.3 Å². The number of para-hydroxylation sites is 1. The van der Waals surface area contributed by atoms with Gasteiger partial charge in [-0.2, -0.15) is 0 Å². The highest BCUT2D eigenvalue weighted by Gasteiger charge is 2.27. The molecule has 9 nitrogen and oxygen atoms in total. The van der Waals surface area contributed by atoms with Crippen LogP contribution in [-0.4, -0.2) is 33.6 Å². The molecular weight excluding hydrogens is 402 g/mol. The molecule has 1 aromatic heterocycles. The van der Waals surface area contributed by atoms with Crippen LogP contribution in [0.4, 0.5) is 10.5 Å². The first kappa shape index (κ1) is 21.8. The number of hydrogen-bond donors (Lipinski definition) is 2. The summed E-state index contributed by atoms with van der Waals surface area (Å²) < 4.78 is 10.6. The first-order chi connectivity index (χ1) is 14.6. The summed E-state index contributed by atoms with van der Waals surface area (Å²) in [5.74, 6) is -0.587. The summed E-state index contributed by atoms with van der Waals surface area (Å²) in [6.45, 7) is 5.16. The fourth-order valence-electron chi connectivity index (χ4n) is 2.99. The Bertz CT molecular complexity index is 1100. The monoisotopic (exact) mass is 425 g/mol. The zero-order valence-electron chi connectivity index (χ0n) is 17.4. The summed E-state index contributed by atoms with van der Waals surface area (Å²) in [6.07, 6.45) is 1.18. The number of hydrogen-bond acceptors (Lipinski definition) is 6. The molecule has 0 radical (unpaired) electrons. The first-order valence-corrected chi connectivity index (χ1v) is 9.63. The standard InChI is InChI=1S/C22H23N3O6/c1-22(2,3)31-21(27)24-19(12-14-13-23-18-7-5-4-6-17(14)18)20(26)30-16-10-8-15(9-11-16)25(28)29/h4-11,13,19,23H,12H2,1-3H3,(H,24,27)/t19-/m1/s1. The van der Waals surface area contributed by atoms with Gasteiger partial charge in [0.1, 0.15) is 17.4 Å². The van der Waals surface area contributed by atoms with Gasteiger partial charge in [0, 0.05) is 35.7 Å². The maximum Gasteiger partial charge on any atom is 0.408 e. The second kappa shape index (κ2) is 8.86. The van der Waals surface area contributed by atoms with E-state index >= 15 is 0 Å². The maximum atomic E-state index is 12.9. The van der Waals surface area contributed by atoms with Gasteiger partial charge in [-0.05, 0) is 44.5 Å². The van der Waals surface area contributed by atoms with Gasteiger partial charge in [0.2, 0.25) is 0 Å². The predicted molar refractivity (Wildman–Crippen MR) is 114 cm³/mol. The van der Waals surface area contributed by atoms with Gasteiger partial charge in [-0.25, -0.2) is 9.59 Å². The second-order valence-electron chi connectivity index (χ2n) is 7.93. The van der Waals surface area contributed by atoms with Crippen molar-refractivity contribution in [3.8, 4) is 5.75 Å². The predicted octanol–water partition coefficient (Wildman–Crippen LogP) is 4.12. The normalized spacial score (nSPS) is 12.2. The quantitative estimate of drug-likeness (QED) is 0.265. The average Bonchev–Trinajstić information content (AvgIpc) is 3.09. The van der Waals surface area contributed by atoms with Gasteiger partial charge in [-0.15, -0.1) is 0 Å². The Morgan fingerprint density at radius 1 is 1.13 bits per heavy atom. The van der Waals surface area contributed by atoms with Crippen LogP contribution in [0.25, 0.3) is 10.9 Å². The van der Waals surface area contributed by atoms with Crippen LogP contribution in [0.3, 0.4) is 0 Å². The summed E-state index contributed by atoms with van der Waals surface area (Å²) in [4.78, 5) is 38.6. The van der Waals surface area contributed by atoms with Crippen molar-refractivity contribution in [1.82, 2.24) is 10.3 Å². The first-order valence-electron chi connectivity index (χ1n) is 9.63. The number of aromatic nitrogens is 1. The number of fused-ring (bicyclic) bond motifs is 1. The molecule has 0 spiro atoms. The highest BCUT2D eigenvalue weighted by Crippen LogP contribution is 2.21. The minimum absolute atomic E-state index is 0.123. The Morgan fingerprint density at radius 3 is 2.45 bits per heavy atom. The largest absolute Gasteiger partial charge is 0.444 e. The van der Waals surface area contributed by atoms with E-state index in [9.17, 15) is 19.7 Å². The van der Waals surface area contributed by atoms with Gasteiger partial charge in [-0.3, -0.25) is 10.1 Å². The lowest BCUT2D eigenvalue weighted by Gasteiger charge is -2.23. The highest BCUT2D eigenvalue weighted by molar-refractivity contribution is 5.86. The lowest BCUT2D eigenvalue weighted by atomic mass is 10.1. The number of H-pyrrole nitrogens is 1. The third-order valence-electron chi connectivity index (χ3n) is 4.34. The van der Waals surface area contributed by atoms with Crippen LogP contribution in [0, 0.1) is 10.1 Å². The van der Waals surface area contributed by atoms with E-state index in [0.29, 0.717) is 0 Å². The van der Waals surface area contributed by atoms with Gasteiger partial charge in [0.25, 0.3) is 5.69 Å². The van der Waals surface area contributed by atoms with Crippen LogP contribution in [0.15, 0.2) is 54.7 Å². The number of nitrogens with zero attached hydrogens (tertiary/aromatic N) is 1. The number of ether oxygens (including phenoxy) is 2. The third kappa shape index (κ3) is 5.81. The van der Waals surface area contributed by atoms with Gasteiger partial charge >= 0.3 is 12.1 Å². The Labute approximate surface area is 178 Å². The van der Waals surface area contributed by atoms with Crippen molar-refractivity contribution in [3.63, 3.8) is 0 Å². The minimum atomic E-state index is -1.04. The van der Waals surface area contributed by atoms with E-state index in [0.717, 1.165) is 16.5 Å². The van der Waals surface area contributed by atoms with Crippen LogP contribution < -0.4 is 10.1 Å². The van der Waals surface area contributed by atoms with E-state index in [1.54, 1.807) is 27.0 Å². The number of aromatic amines is 1. The van der Waals surface area contributed by atoms with Crippen molar-refractivity contribution in [2.24, 2.45) is 0 Å². The van der Waals surface area contributed by atoms with Crippen molar-refractivity contribution >= 4 is 28.7 Å². The van der Waals surface area contributed by atoms with Gasteiger partial charge in [0.05, 0.1) is 4.92 Å². The van der Waals surface area contributed by atoms with Crippen LogP contribution in [0.1, 0.15) is 26.3 Å². The molecule has 3 aromatic rings. The number of benzene rings is 2. The van der Waals surface area contributed by atoms with Crippen molar-refractivity contribution in [3.05, 3.63) is 70.4 Å². The molecule has 1 atom stereocenters. The summed E-state index contributed by atoms with van der Waals surface area (Å²) in [7, 11) is 0. The zero-order chi connectivity index (χ0) is 22.6. The van der Waals surface area contributed by atoms with E-state index in [1.165, 1.54) is 24.3 Å². The molecule has 0 bridgehead atoms. The molecule has 31 heavy (non-hydrogen) atoms. The molecule has 0 saturated heterocycles. The molecule has 162 valence electrons. The van der Waals surface area contributed by atoms with Crippen LogP contribution in [0.5, 0.6) is 5.75 Å². The van der Waals surface area contributed by atoms with E-state index in [1.807, 2.05) is 24.3 Å². The summed E-state index contributed by atoms with van der Waals surface area (Å²) in [5, 5.41) is 14.3. The lowest BCUT2D eigenvalue weighted by Crippen LogP contribution is -2.46. The molecule has 1 amide bonds. The smallest absolute Gasteiger partial charge is 0.408 e. The van der Waals surface area contributed by atoms with Crippen LogP contribution >= 0.6 is 0 Å². The van der Waals surface area contributed by atoms with Gasteiger partial charge < -0.3 is 19.8 Å². The number of non-ortho nitro benzene ring substituents is 1. The molecular formula is C22H23N3O6. The molecule has 0 aliphatic carbocycles. The van der Waals surface area contributed by atoms with Crippen molar-refractivity contribution in [2.75, 3.05) is 0 Å². The Balaban J connectivity index is 1.80. The molecule has 1 heterocycles. The number of amides is 1. The Hall–Kier alpha value is -3.88. The van der Waals surface area contributed by atoms with Crippen LogP contribution in [0.2, 0.25) is 0 Å². The molecule has 9 heteroatoms. The van der Waals surface area contributed by atoms with Crippen LogP contribution in [-0.2, 0) is 16.0 Å². The van der Waals surface area contributed by atoms with E-state index < -0.39 is 28.6 Å². The molecule has 0 unspecified atom stereocenters. The fraction of sp³-hybridized carbons (Fsp3) is 0.273. The second-order valence-corrected chi connectivity index (χ2v) is 7.93. The lowest BCUT2D eigenvalue weighted by molar-refractivity contribution is -0.384. The SMILES string of the molecule is CC(C)(C)OC(=O)N[C@H](Cc1c[nH]c2ccccc12)C(=O)Oc1ccc([N+](=O)[O-])cc1. The number of carbonyl (C=O) groups is 2.